The number of benzene rings is 1. The molecule has 1 unspecified atom stereocenters. The Morgan fingerprint density at radius 1 is 1.19 bits per heavy atom. The second kappa shape index (κ2) is 13.4. The van der Waals surface area contributed by atoms with Crippen LogP contribution in [0.5, 0.6) is 17.5 Å². The summed E-state index contributed by atoms with van der Waals surface area (Å²) in [6.07, 6.45) is 4.86. The summed E-state index contributed by atoms with van der Waals surface area (Å²) in [4.78, 5) is 40.8. The zero-order valence-corrected chi connectivity index (χ0v) is 30.0. The van der Waals surface area contributed by atoms with Gasteiger partial charge in [-0.15, -0.1) is 0 Å². The highest BCUT2D eigenvalue weighted by atomic mass is 127. The van der Waals surface area contributed by atoms with Gasteiger partial charge in [0.2, 0.25) is 11.8 Å². The van der Waals surface area contributed by atoms with Gasteiger partial charge in [0.05, 0.1) is 29.7 Å². The summed E-state index contributed by atoms with van der Waals surface area (Å²) in [5.41, 5.74) is 0.314. The lowest BCUT2D eigenvalue weighted by Crippen LogP contribution is -2.56. The Labute approximate surface area is 293 Å². The number of ketones is 1. The molecular weight excluding hydrogens is 730 g/mol. The maximum atomic E-state index is 16.8. The SMILES string of the molecule is CC(=O)[C@@H]1[C@H](C)[C@@H]2CN1C(=N)[C@H](C(C)(C)C)NC(=O)O[C@@H]1C[C@H]1CCCCC(F)(I)c1cc3ccc(Oc4ccncn4)cc3nc1O2. The second-order valence-corrected chi connectivity index (χ2v) is 16.0. The molecule has 11 nitrogen and oxygen atoms in total. The van der Waals surface area contributed by atoms with Crippen LogP contribution >= 0.6 is 22.6 Å². The van der Waals surface area contributed by atoms with Crippen molar-refractivity contribution >= 4 is 51.2 Å². The number of fused-ring (bicyclic) bond motifs is 5. The summed E-state index contributed by atoms with van der Waals surface area (Å²) in [7, 11) is 0. The van der Waals surface area contributed by atoms with Crippen molar-refractivity contribution in [3.63, 3.8) is 0 Å². The van der Waals surface area contributed by atoms with Gasteiger partial charge in [0.1, 0.15) is 30.1 Å². The summed E-state index contributed by atoms with van der Waals surface area (Å²) in [5, 5.41) is 13.0. The number of alkyl halides is 2. The number of hydrogen-bond acceptors (Lipinski definition) is 9. The van der Waals surface area contributed by atoms with Crippen LogP contribution in [0.3, 0.4) is 0 Å². The van der Waals surface area contributed by atoms with E-state index in [-0.39, 0.29) is 48.4 Å². The number of amidine groups is 1. The van der Waals surface area contributed by atoms with E-state index in [1.807, 2.05) is 56.4 Å². The van der Waals surface area contributed by atoms with Crippen molar-refractivity contribution < 1.29 is 28.2 Å². The van der Waals surface area contributed by atoms with Gasteiger partial charge >= 0.3 is 6.09 Å². The molecule has 6 rings (SSSR count). The largest absolute Gasteiger partial charge is 0.472 e. The third kappa shape index (κ3) is 7.35. The number of Topliss-reactive ketones (excluding diaryl/α,β-unsaturated/α-hetero) is 1. The molecule has 1 aromatic carbocycles. The molecule has 2 fully saturated rings. The molecular formula is C35H42FIN6O5. The average molecular weight is 773 g/mol. The predicted octanol–water partition coefficient (Wildman–Crippen LogP) is 7.11. The summed E-state index contributed by atoms with van der Waals surface area (Å²) in [6.45, 7) is 9.37. The maximum absolute atomic E-state index is 16.8. The molecule has 3 aliphatic rings. The number of rotatable bonds is 3. The minimum atomic E-state index is -1.79. The molecule has 7 atom stereocenters. The second-order valence-electron chi connectivity index (χ2n) is 14.3. The molecule has 1 saturated heterocycles. The van der Waals surface area contributed by atoms with E-state index < -0.39 is 33.4 Å². The van der Waals surface area contributed by atoms with Gasteiger partial charge in [0, 0.05) is 29.6 Å². The minimum Gasteiger partial charge on any atom is -0.472 e. The van der Waals surface area contributed by atoms with Crippen LogP contribution in [0.1, 0.15) is 72.3 Å². The van der Waals surface area contributed by atoms with Gasteiger partial charge in [-0.3, -0.25) is 10.2 Å². The van der Waals surface area contributed by atoms with Gasteiger partial charge in [0.15, 0.2) is 9.46 Å². The van der Waals surface area contributed by atoms with Gasteiger partial charge in [-0.2, -0.15) is 0 Å². The first-order valence-electron chi connectivity index (χ1n) is 16.5. The van der Waals surface area contributed by atoms with Crippen molar-refractivity contribution in [1.29, 1.82) is 5.41 Å². The number of nitrogens with one attached hydrogen (secondary N) is 2. The lowest BCUT2D eigenvalue weighted by atomic mass is 9.85. The van der Waals surface area contributed by atoms with Crippen molar-refractivity contribution in [2.75, 3.05) is 6.54 Å². The highest BCUT2D eigenvalue weighted by Crippen LogP contribution is 2.46. The quantitative estimate of drug-likeness (QED) is 0.211. The molecule has 2 bridgehead atoms. The first kappa shape index (κ1) is 34.3. The first-order chi connectivity index (χ1) is 22.7. The van der Waals surface area contributed by atoms with Crippen LogP contribution in [0, 0.1) is 22.7 Å². The topological polar surface area (TPSA) is 140 Å². The average Bonchev–Trinajstić information content (AvgIpc) is 3.67. The Morgan fingerprint density at radius 2 is 1.98 bits per heavy atom. The van der Waals surface area contributed by atoms with Gasteiger partial charge in [-0.25, -0.2) is 24.1 Å². The Hall–Kier alpha value is -3.62. The molecule has 1 amide bonds. The molecule has 0 radical (unpaired) electrons. The monoisotopic (exact) mass is 772 g/mol. The van der Waals surface area contributed by atoms with Crippen molar-refractivity contribution in [1.82, 2.24) is 25.2 Å². The van der Waals surface area contributed by atoms with Crippen LogP contribution in [-0.2, 0) is 13.2 Å². The van der Waals surface area contributed by atoms with E-state index in [4.69, 9.17) is 19.2 Å². The van der Waals surface area contributed by atoms with Crippen molar-refractivity contribution in [3.05, 3.63) is 48.4 Å². The van der Waals surface area contributed by atoms with Crippen molar-refractivity contribution in [2.45, 2.75) is 94.7 Å². The smallest absolute Gasteiger partial charge is 0.408 e. The number of amides is 1. The number of carbonyl (C=O) groups excluding carboxylic acids is 2. The third-order valence-electron chi connectivity index (χ3n) is 9.54. The molecule has 2 aliphatic heterocycles. The van der Waals surface area contributed by atoms with E-state index >= 15 is 4.39 Å². The molecule has 2 aromatic heterocycles. The Kier molecular flexibility index (Phi) is 9.53. The fourth-order valence-electron chi connectivity index (χ4n) is 6.80. The molecule has 1 aliphatic carbocycles. The zero-order valence-electron chi connectivity index (χ0n) is 27.8. The number of alkyl carbamates (subject to hydrolysis) is 1. The van der Waals surface area contributed by atoms with Crippen LogP contribution in [-0.4, -0.2) is 68.4 Å². The Balaban J connectivity index is 1.39. The van der Waals surface area contributed by atoms with Gasteiger partial charge in [0.25, 0.3) is 0 Å². The molecule has 48 heavy (non-hydrogen) atoms. The number of halogens is 2. The van der Waals surface area contributed by atoms with Crippen LogP contribution in [0.2, 0.25) is 0 Å². The van der Waals surface area contributed by atoms with Crippen LogP contribution in [0.4, 0.5) is 9.18 Å². The first-order valence-corrected chi connectivity index (χ1v) is 17.6. The van der Waals surface area contributed by atoms with E-state index in [1.54, 1.807) is 35.4 Å². The number of ether oxygens (including phenoxy) is 3. The lowest BCUT2D eigenvalue weighted by Gasteiger charge is -2.37. The van der Waals surface area contributed by atoms with E-state index in [2.05, 4.69) is 15.3 Å². The van der Waals surface area contributed by atoms with E-state index in [1.165, 1.54) is 13.3 Å². The normalized spacial score (nSPS) is 29.8. The lowest BCUT2D eigenvalue weighted by molar-refractivity contribution is -0.121. The molecule has 1 saturated carbocycles. The van der Waals surface area contributed by atoms with Crippen LogP contribution < -0.4 is 14.8 Å². The number of aromatic nitrogens is 3. The fourth-order valence-corrected chi connectivity index (χ4v) is 7.57. The van der Waals surface area contributed by atoms with Gasteiger partial charge in [-0.1, -0.05) is 34.1 Å². The van der Waals surface area contributed by atoms with Gasteiger partial charge in [-0.05, 0) is 84.7 Å². The number of nitrogens with zero attached hydrogens (tertiary/aromatic N) is 4. The molecule has 4 heterocycles. The molecule has 0 spiro atoms. The third-order valence-corrected chi connectivity index (χ3v) is 10.7. The molecule has 2 N–H and O–H groups in total. The summed E-state index contributed by atoms with van der Waals surface area (Å²) >= 11 is 1.85. The Morgan fingerprint density at radius 3 is 2.69 bits per heavy atom. The summed E-state index contributed by atoms with van der Waals surface area (Å²) < 4.78 is 33.3. The Bertz CT molecular complexity index is 1700. The van der Waals surface area contributed by atoms with Crippen LogP contribution in [0.25, 0.3) is 10.9 Å². The molecule has 3 aromatic rings. The number of pyridine rings is 1. The highest BCUT2D eigenvalue weighted by Gasteiger charge is 2.48. The standard InChI is InChI=1S/C35H42FIN6O5/c1-19-27-17-43(29(19)20(2)44)31(38)30(34(3,4)5)42-33(45)48-26-15-22(26)8-6-7-12-35(36,37)24-14-21-9-10-23(16-25(21)41-32(24)47-27)46-28-11-13-39-18-40-28/h9-11,13-14,16,18-19,22,26-27,29-30,38H,6-8,12,15,17H2,1-5H3,(H,42,45)/t19-,22-,26-,27+,29+,30-,35?/m1/s1. The molecule has 256 valence electrons. The van der Waals surface area contributed by atoms with E-state index in [0.29, 0.717) is 29.1 Å². The van der Waals surface area contributed by atoms with Crippen LogP contribution in [0.15, 0.2) is 42.9 Å². The summed E-state index contributed by atoms with van der Waals surface area (Å²) in [6, 6.07) is 7.38. The predicted molar refractivity (Wildman–Crippen MR) is 186 cm³/mol. The highest BCUT2D eigenvalue weighted by molar-refractivity contribution is 14.1. The van der Waals surface area contributed by atoms with Gasteiger partial charge < -0.3 is 24.4 Å². The summed E-state index contributed by atoms with van der Waals surface area (Å²) in [5.74, 6) is 0.837. The van der Waals surface area contributed by atoms with E-state index in [0.717, 1.165) is 24.6 Å². The minimum absolute atomic E-state index is 0.0954. The van der Waals surface area contributed by atoms with Crippen molar-refractivity contribution in [3.8, 4) is 17.5 Å². The zero-order chi connectivity index (χ0) is 34.4. The molecule has 13 heteroatoms. The number of hydrogen-bond donors (Lipinski definition) is 2. The van der Waals surface area contributed by atoms with Crippen molar-refractivity contribution in [2.24, 2.45) is 17.3 Å². The fraction of sp³-hybridized carbons (Fsp3) is 0.543. The number of carbonyl (C=O) groups is 2. The maximum Gasteiger partial charge on any atom is 0.408 e. The van der Waals surface area contributed by atoms with E-state index in [9.17, 15) is 15.0 Å².